The first kappa shape index (κ1) is 13.6. The third-order valence-corrected chi connectivity index (χ3v) is 2.52. The number of nitrogens with zero attached hydrogens (tertiary/aromatic N) is 3. The van der Waals surface area contributed by atoms with Crippen LogP contribution in [0, 0.1) is 5.82 Å². The van der Waals surface area contributed by atoms with E-state index in [-0.39, 0.29) is 22.9 Å². The largest absolute Gasteiger partial charge is 0.462 e. The summed E-state index contributed by atoms with van der Waals surface area (Å²) in [6.45, 7) is 1.70. The molecule has 5 nitrogen and oxygen atoms in total. The first-order valence-electron chi connectivity index (χ1n) is 4.42. The van der Waals surface area contributed by atoms with Gasteiger partial charge in [0.15, 0.2) is 0 Å². The van der Waals surface area contributed by atoms with Crippen molar-refractivity contribution in [3.63, 3.8) is 0 Å². The molecule has 0 aromatic heterocycles. The van der Waals surface area contributed by atoms with Gasteiger partial charge < -0.3 is 4.74 Å². The van der Waals surface area contributed by atoms with Crippen LogP contribution in [0.25, 0.3) is 10.4 Å². The van der Waals surface area contributed by atoms with Crippen molar-refractivity contribution >= 4 is 34.9 Å². The maximum absolute atomic E-state index is 13.4. The van der Waals surface area contributed by atoms with Crippen LogP contribution in [0.4, 0.5) is 10.1 Å². The lowest BCUT2D eigenvalue weighted by Crippen LogP contribution is -2.06. The van der Waals surface area contributed by atoms with Crippen molar-refractivity contribution in [3.05, 3.63) is 37.9 Å². The van der Waals surface area contributed by atoms with Gasteiger partial charge in [-0.2, -0.15) is 0 Å². The second kappa shape index (κ2) is 5.72. The molecular formula is C9H6Cl2FN3O2. The fourth-order valence-electron chi connectivity index (χ4n) is 1.08. The lowest BCUT2D eigenvalue weighted by molar-refractivity contribution is 0.0526. The predicted octanol–water partition coefficient (Wildman–Crippen LogP) is 4.25. The van der Waals surface area contributed by atoms with Crippen LogP contribution < -0.4 is 0 Å². The van der Waals surface area contributed by atoms with E-state index in [4.69, 9.17) is 28.7 Å². The van der Waals surface area contributed by atoms with E-state index in [0.717, 1.165) is 6.07 Å². The number of ether oxygens (including phenoxy) is 1. The van der Waals surface area contributed by atoms with Crippen molar-refractivity contribution in [2.45, 2.75) is 6.92 Å². The summed E-state index contributed by atoms with van der Waals surface area (Å²) in [6.07, 6.45) is 0. The molecule has 0 radical (unpaired) electrons. The second-order valence-electron chi connectivity index (χ2n) is 2.79. The fourth-order valence-corrected chi connectivity index (χ4v) is 1.58. The lowest BCUT2D eigenvalue weighted by Gasteiger charge is -2.08. The zero-order valence-electron chi connectivity index (χ0n) is 8.58. The molecule has 0 aliphatic rings. The van der Waals surface area contributed by atoms with Crippen LogP contribution in [0.1, 0.15) is 17.3 Å². The topological polar surface area (TPSA) is 75.1 Å². The Hall–Kier alpha value is -1.49. The number of halogens is 3. The third-order valence-electron chi connectivity index (χ3n) is 1.77. The van der Waals surface area contributed by atoms with E-state index >= 15 is 0 Å². The van der Waals surface area contributed by atoms with Gasteiger partial charge in [0.05, 0.1) is 27.9 Å². The molecule has 0 bridgehead atoms. The van der Waals surface area contributed by atoms with Gasteiger partial charge in [0.1, 0.15) is 5.82 Å². The van der Waals surface area contributed by atoms with Gasteiger partial charge in [-0.1, -0.05) is 28.3 Å². The molecular weight excluding hydrogens is 272 g/mol. The normalized spacial score (nSPS) is 9.65. The number of carbonyl (C=O) groups excluding carboxylic acids is 1. The second-order valence-corrected chi connectivity index (χ2v) is 3.55. The van der Waals surface area contributed by atoms with Crippen LogP contribution in [0.3, 0.4) is 0 Å². The molecule has 0 saturated carbocycles. The first-order valence-corrected chi connectivity index (χ1v) is 5.18. The number of carbonyl (C=O) groups is 1. The molecule has 0 N–H and O–H groups in total. The molecule has 17 heavy (non-hydrogen) atoms. The fraction of sp³-hybridized carbons (Fsp3) is 0.222. The molecule has 0 fully saturated rings. The van der Waals surface area contributed by atoms with Crippen molar-refractivity contribution < 1.29 is 13.9 Å². The standard InChI is InChI=1S/C9H6Cl2FN3O2/c1-2-17-9(16)4-3-5(12)7(11)8(6(4)10)14-15-13/h3H,2H2,1H3. The Morgan fingerprint density at radius 3 is 2.76 bits per heavy atom. The average Bonchev–Trinajstić information content (AvgIpc) is 2.29. The summed E-state index contributed by atoms with van der Waals surface area (Å²) in [5.74, 6) is -1.73. The van der Waals surface area contributed by atoms with E-state index < -0.39 is 16.8 Å². The van der Waals surface area contributed by atoms with Gasteiger partial charge in [0, 0.05) is 4.91 Å². The number of benzene rings is 1. The molecule has 1 rings (SSSR count). The van der Waals surface area contributed by atoms with Crippen molar-refractivity contribution in [2.75, 3.05) is 6.61 Å². The third kappa shape index (κ3) is 2.79. The SMILES string of the molecule is CCOC(=O)c1cc(F)c(Cl)c(N=[N+]=[N-])c1Cl. The van der Waals surface area contributed by atoms with Crippen LogP contribution >= 0.6 is 23.2 Å². The van der Waals surface area contributed by atoms with E-state index in [1.165, 1.54) is 0 Å². The highest BCUT2D eigenvalue weighted by molar-refractivity contribution is 6.40. The van der Waals surface area contributed by atoms with Gasteiger partial charge in [0.25, 0.3) is 0 Å². The van der Waals surface area contributed by atoms with Crippen LogP contribution in [0.5, 0.6) is 0 Å². The molecule has 0 atom stereocenters. The summed E-state index contributed by atoms with van der Waals surface area (Å²) >= 11 is 11.3. The Bertz CT molecular complexity index is 515. The molecule has 0 spiro atoms. The number of rotatable bonds is 3. The molecule has 0 heterocycles. The minimum absolute atomic E-state index is 0.107. The van der Waals surface area contributed by atoms with Crippen molar-refractivity contribution in [1.82, 2.24) is 0 Å². The monoisotopic (exact) mass is 277 g/mol. The summed E-state index contributed by atoms with van der Waals surface area (Å²) in [4.78, 5) is 13.9. The zero-order chi connectivity index (χ0) is 13.0. The molecule has 0 aliphatic carbocycles. The Kier molecular flexibility index (Phi) is 4.57. The zero-order valence-corrected chi connectivity index (χ0v) is 10.1. The van der Waals surface area contributed by atoms with E-state index in [1.807, 2.05) is 0 Å². The molecule has 0 unspecified atom stereocenters. The quantitative estimate of drug-likeness (QED) is 0.272. The van der Waals surface area contributed by atoms with Gasteiger partial charge in [-0.05, 0) is 18.5 Å². The molecule has 0 amide bonds. The molecule has 0 aliphatic heterocycles. The number of esters is 1. The predicted molar refractivity (Wildman–Crippen MR) is 61.2 cm³/mol. The Morgan fingerprint density at radius 1 is 1.59 bits per heavy atom. The summed E-state index contributed by atoms with van der Waals surface area (Å²) in [5.41, 5.74) is 7.72. The van der Waals surface area contributed by atoms with Gasteiger partial charge in [-0.25, -0.2) is 9.18 Å². The lowest BCUT2D eigenvalue weighted by atomic mass is 10.2. The highest BCUT2D eigenvalue weighted by Gasteiger charge is 2.20. The maximum Gasteiger partial charge on any atom is 0.339 e. The van der Waals surface area contributed by atoms with Crippen molar-refractivity contribution in [3.8, 4) is 0 Å². The maximum atomic E-state index is 13.4. The highest BCUT2D eigenvalue weighted by atomic mass is 35.5. The van der Waals surface area contributed by atoms with Gasteiger partial charge >= 0.3 is 5.97 Å². The summed E-state index contributed by atoms with van der Waals surface area (Å²) in [5, 5.41) is 2.45. The molecule has 0 saturated heterocycles. The van der Waals surface area contributed by atoms with E-state index in [1.54, 1.807) is 6.92 Å². The number of hydrogen-bond acceptors (Lipinski definition) is 3. The summed E-state index contributed by atoms with van der Waals surface area (Å²) in [6, 6.07) is 0.832. The smallest absolute Gasteiger partial charge is 0.339 e. The number of hydrogen-bond donors (Lipinski definition) is 0. The highest BCUT2D eigenvalue weighted by Crippen LogP contribution is 2.38. The molecule has 1 aromatic rings. The summed E-state index contributed by atoms with van der Waals surface area (Å²) in [7, 11) is 0. The summed E-state index contributed by atoms with van der Waals surface area (Å²) < 4.78 is 18.0. The van der Waals surface area contributed by atoms with Crippen molar-refractivity contribution in [1.29, 1.82) is 0 Å². The van der Waals surface area contributed by atoms with Crippen molar-refractivity contribution in [2.24, 2.45) is 5.11 Å². The van der Waals surface area contributed by atoms with E-state index in [9.17, 15) is 9.18 Å². The minimum atomic E-state index is -0.915. The van der Waals surface area contributed by atoms with Gasteiger partial charge in [-0.15, -0.1) is 0 Å². The molecule has 8 heteroatoms. The van der Waals surface area contributed by atoms with E-state index in [2.05, 4.69) is 14.8 Å². The number of azide groups is 1. The van der Waals surface area contributed by atoms with E-state index in [0.29, 0.717) is 0 Å². The Labute approximate surface area is 106 Å². The van der Waals surface area contributed by atoms with Gasteiger partial charge in [0.2, 0.25) is 0 Å². The van der Waals surface area contributed by atoms with Gasteiger partial charge in [-0.3, -0.25) is 0 Å². The van der Waals surface area contributed by atoms with Crippen LogP contribution in [-0.2, 0) is 4.74 Å². The molecule has 90 valence electrons. The average molecular weight is 278 g/mol. The van der Waals surface area contributed by atoms with Crippen LogP contribution in [0.2, 0.25) is 10.0 Å². The Morgan fingerprint density at radius 2 is 2.24 bits per heavy atom. The Balaban J connectivity index is 3.43. The molecule has 1 aromatic carbocycles. The van der Waals surface area contributed by atoms with Crippen LogP contribution in [0.15, 0.2) is 11.2 Å². The first-order chi connectivity index (χ1) is 8.02. The van der Waals surface area contributed by atoms with Crippen LogP contribution in [-0.4, -0.2) is 12.6 Å². The minimum Gasteiger partial charge on any atom is -0.462 e.